The Balaban J connectivity index is 1.93. The maximum Gasteiger partial charge on any atom is 0.317 e. The lowest BCUT2D eigenvalue weighted by molar-refractivity contribution is -0.138. The van der Waals surface area contributed by atoms with Gasteiger partial charge in [0.15, 0.2) is 0 Å². The molecule has 1 amide bonds. The van der Waals surface area contributed by atoms with Crippen molar-refractivity contribution in [2.75, 3.05) is 32.7 Å². The molecule has 0 atom stereocenters. The number of carboxylic acids is 1. The van der Waals surface area contributed by atoms with E-state index in [2.05, 4.69) is 4.98 Å². The number of H-pyrrole nitrogens is 1. The fourth-order valence-electron chi connectivity index (χ4n) is 2.16. The Bertz CT molecular complexity index is 416. The number of hydrogen-bond donors (Lipinski definition) is 2. The van der Waals surface area contributed by atoms with E-state index in [9.17, 15) is 9.59 Å². The van der Waals surface area contributed by atoms with Gasteiger partial charge in [-0.3, -0.25) is 14.5 Å². The molecule has 2 rings (SSSR count). The van der Waals surface area contributed by atoms with Gasteiger partial charge in [0.2, 0.25) is 0 Å². The number of amides is 1. The lowest BCUT2D eigenvalue weighted by Gasteiger charge is -2.20. The van der Waals surface area contributed by atoms with Crippen LogP contribution in [0, 0.1) is 0 Å². The quantitative estimate of drug-likeness (QED) is 0.807. The van der Waals surface area contributed by atoms with Gasteiger partial charge in [0, 0.05) is 38.6 Å². The molecule has 1 aromatic rings. The minimum atomic E-state index is -0.819. The molecular formula is C12H17N3O3. The fraction of sp³-hybridized carbons (Fsp3) is 0.500. The number of aromatic nitrogens is 1. The third-order valence-electron chi connectivity index (χ3n) is 3.08. The molecular weight excluding hydrogens is 234 g/mol. The third-order valence-corrected chi connectivity index (χ3v) is 3.08. The SMILES string of the molecule is O=C(O)CN1CCCN(C(=O)c2cc[nH]c2)CC1. The Kier molecular flexibility index (Phi) is 3.99. The van der Waals surface area contributed by atoms with Gasteiger partial charge < -0.3 is 15.0 Å². The Labute approximate surface area is 105 Å². The molecule has 0 bridgehead atoms. The van der Waals surface area contributed by atoms with E-state index < -0.39 is 5.97 Å². The van der Waals surface area contributed by atoms with E-state index in [-0.39, 0.29) is 12.5 Å². The molecule has 6 nitrogen and oxygen atoms in total. The molecule has 2 N–H and O–H groups in total. The third kappa shape index (κ3) is 3.10. The van der Waals surface area contributed by atoms with E-state index >= 15 is 0 Å². The molecule has 1 aliphatic rings. The van der Waals surface area contributed by atoms with E-state index in [4.69, 9.17) is 5.11 Å². The molecule has 0 unspecified atom stereocenters. The van der Waals surface area contributed by atoms with Crippen molar-refractivity contribution < 1.29 is 14.7 Å². The Morgan fingerprint density at radius 1 is 1.28 bits per heavy atom. The van der Waals surface area contributed by atoms with Crippen LogP contribution in [0.2, 0.25) is 0 Å². The highest BCUT2D eigenvalue weighted by atomic mass is 16.4. The van der Waals surface area contributed by atoms with Gasteiger partial charge >= 0.3 is 5.97 Å². The Morgan fingerprint density at radius 2 is 2.11 bits per heavy atom. The molecule has 0 spiro atoms. The number of carbonyl (C=O) groups excluding carboxylic acids is 1. The molecule has 0 aromatic carbocycles. The first kappa shape index (κ1) is 12.6. The normalized spacial score (nSPS) is 17.4. The second-order valence-corrected chi connectivity index (χ2v) is 4.42. The highest BCUT2D eigenvalue weighted by Gasteiger charge is 2.21. The zero-order chi connectivity index (χ0) is 13.0. The fourth-order valence-corrected chi connectivity index (χ4v) is 2.16. The summed E-state index contributed by atoms with van der Waals surface area (Å²) in [6, 6.07) is 1.75. The highest BCUT2D eigenvalue weighted by Crippen LogP contribution is 2.08. The predicted octanol–water partition coefficient (Wildman–Crippen LogP) is 0.247. The first-order chi connectivity index (χ1) is 8.66. The lowest BCUT2D eigenvalue weighted by Crippen LogP contribution is -2.36. The molecule has 1 aliphatic heterocycles. The summed E-state index contributed by atoms with van der Waals surface area (Å²) < 4.78 is 0. The van der Waals surface area contributed by atoms with Crippen molar-refractivity contribution in [2.45, 2.75) is 6.42 Å². The first-order valence-electron chi connectivity index (χ1n) is 6.03. The monoisotopic (exact) mass is 251 g/mol. The van der Waals surface area contributed by atoms with Gasteiger partial charge in [-0.15, -0.1) is 0 Å². The van der Waals surface area contributed by atoms with Crippen LogP contribution in [-0.2, 0) is 4.79 Å². The van der Waals surface area contributed by atoms with Crippen molar-refractivity contribution in [1.29, 1.82) is 0 Å². The summed E-state index contributed by atoms with van der Waals surface area (Å²) in [6.45, 7) is 2.65. The van der Waals surface area contributed by atoms with Gasteiger partial charge in [0.25, 0.3) is 5.91 Å². The zero-order valence-corrected chi connectivity index (χ0v) is 10.1. The number of carboxylic acid groups (broad SMARTS) is 1. The molecule has 1 saturated heterocycles. The molecule has 98 valence electrons. The summed E-state index contributed by atoms with van der Waals surface area (Å²) in [5, 5.41) is 8.76. The van der Waals surface area contributed by atoms with Gasteiger partial charge in [0.05, 0.1) is 12.1 Å². The number of hydrogen-bond acceptors (Lipinski definition) is 3. The average Bonchev–Trinajstić information content (AvgIpc) is 2.76. The highest BCUT2D eigenvalue weighted by molar-refractivity contribution is 5.94. The van der Waals surface area contributed by atoms with Crippen LogP contribution in [0.25, 0.3) is 0 Å². The van der Waals surface area contributed by atoms with Gasteiger partial charge in [-0.2, -0.15) is 0 Å². The Morgan fingerprint density at radius 3 is 2.78 bits per heavy atom. The van der Waals surface area contributed by atoms with Crippen molar-refractivity contribution >= 4 is 11.9 Å². The molecule has 1 fully saturated rings. The summed E-state index contributed by atoms with van der Waals surface area (Å²) >= 11 is 0. The predicted molar refractivity (Wildman–Crippen MR) is 65.4 cm³/mol. The van der Waals surface area contributed by atoms with Crippen LogP contribution in [0.4, 0.5) is 0 Å². The molecule has 2 heterocycles. The van der Waals surface area contributed by atoms with Crippen LogP contribution >= 0.6 is 0 Å². The standard InChI is InChI=1S/C12H17N3O3/c16-11(17)9-14-4-1-5-15(7-6-14)12(18)10-2-3-13-8-10/h2-3,8,13H,1,4-7,9H2,(H,16,17). The molecule has 0 aliphatic carbocycles. The smallest absolute Gasteiger partial charge is 0.317 e. The van der Waals surface area contributed by atoms with Crippen molar-refractivity contribution in [2.24, 2.45) is 0 Å². The summed E-state index contributed by atoms with van der Waals surface area (Å²) in [5.41, 5.74) is 0.654. The average molecular weight is 251 g/mol. The van der Waals surface area contributed by atoms with Gasteiger partial charge in [0.1, 0.15) is 0 Å². The number of rotatable bonds is 3. The van der Waals surface area contributed by atoms with E-state index in [1.807, 2.05) is 4.90 Å². The van der Waals surface area contributed by atoms with Gasteiger partial charge in [-0.1, -0.05) is 0 Å². The largest absolute Gasteiger partial charge is 0.480 e. The van der Waals surface area contributed by atoms with E-state index in [0.29, 0.717) is 25.2 Å². The van der Waals surface area contributed by atoms with E-state index in [1.54, 1.807) is 23.4 Å². The second kappa shape index (κ2) is 5.68. The van der Waals surface area contributed by atoms with Crippen molar-refractivity contribution in [3.05, 3.63) is 24.0 Å². The Hall–Kier alpha value is -1.82. The minimum Gasteiger partial charge on any atom is -0.480 e. The summed E-state index contributed by atoms with van der Waals surface area (Å²) in [6.07, 6.45) is 4.22. The summed E-state index contributed by atoms with van der Waals surface area (Å²) in [4.78, 5) is 29.3. The zero-order valence-electron chi connectivity index (χ0n) is 10.1. The maximum atomic E-state index is 12.1. The van der Waals surface area contributed by atoms with Crippen molar-refractivity contribution in [3.8, 4) is 0 Å². The molecule has 0 saturated carbocycles. The van der Waals surface area contributed by atoms with Crippen LogP contribution in [-0.4, -0.2) is 64.5 Å². The van der Waals surface area contributed by atoms with E-state index in [1.165, 1.54) is 0 Å². The van der Waals surface area contributed by atoms with Crippen LogP contribution in [0.15, 0.2) is 18.5 Å². The topological polar surface area (TPSA) is 76.6 Å². The molecule has 6 heteroatoms. The molecule has 0 radical (unpaired) electrons. The van der Waals surface area contributed by atoms with Crippen LogP contribution in [0.1, 0.15) is 16.8 Å². The minimum absolute atomic E-state index is 0.00780. The number of aliphatic carboxylic acids is 1. The first-order valence-corrected chi connectivity index (χ1v) is 6.03. The van der Waals surface area contributed by atoms with Crippen LogP contribution in [0.5, 0.6) is 0 Å². The summed E-state index contributed by atoms with van der Waals surface area (Å²) in [5.74, 6) is -0.811. The second-order valence-electron chi connectivity index (χ2n) is 4.42. The van der Waals surface area contributed by atoms with E-state index in [0.717, 1.165) is 13.0 Å². The number of nitrogens with zero attached hydrogens (tertiary/aromatic N) is 2. The lowest BCUT2D eigenvalue weighted by atomic mass is 10.3. The summed E-state index contributed by atoms with van der Waals surface area (Å²) in [7, 11) is 0. The van der Waals surface area contributed by atoms with Gasteiger partial charge in [-0.25, -0.2) is 0 Å². The number of nitrogens with one attached hydrogen (secondary N) is 1. The van der Waals surface area contributed by atoms with Gasteiger partial charge in [-0.05, 0) is 12.5 Å². The number of carbonyl (C=O) groups is 2. The maximum absolute atomic E-state index is 12.1. The van der Waals surface area contributed by atoms with Crippen molar-refractivity contribution in [1.82, 2.24) is 14.8 Å². The number of aromatic amines is 1. The van der Waals surface area contributed by atoms with Crippen LogP contribution < -0.4 is 0 Å². The van der Waals surface area contributed by atoms with Crippen molar-refractivity contribution in [3.63, 3.8) is 0 Å². The molecule has 18 heavy (non-hydrogen) atoms. The molecule has 1 aromatic heterocycles. The van der Waals surface area contributed by atoms with Crippen LogP contribution in [0.3, 0.4) is 0 Å².